The average Bonchev–Trinajstić information content (AvgIpc) is 3.13. The summed E-state index contributed by atoms with van der Waals surface area (Å²) in [5, 5.41) is -0.377. The molecule has 1 aliphatic heterocycles. The predicted molar refractivity (Wildman–Crippen MR) is 148 cm³/mol. The molecule has 10 heteroatoms. The SMILES string of the molecule is CCOc1cc(/C=C2\SC(=O)N(CCOc3ccc(F)cc3)C2=O)cc(Br)c1OCc1ccc(Br)cc1. The zero-order valence-electron chi connectivity index (χ0n) is 19.7. The van der Waals surface area contributed by atoms with Gasteiger partial charge in [-0.1, -0.05) is 28.1 Å². The van der Waals surface area contributed by atoms with Crippen LogP contribution >= 0.6 is 43.6 Å². The van der Waals surface area contributed by atoms with Crippen LogP contribution in [0.4, 0.5) is 9.18 Å². The van der Waals surface area contributed by atoms with Crippen molar-refractivity contribution in [2.75, 3.05) is 19.8 Å². The van der Waals surface area contributed by atoms with Crippen LogP contribution in [0.1, 0.15) is 18.1 Å². The van der Waals surface area contributed by atoms with Crippen LogP contribution in [-0.2, 0) is 11.4 Å². The van der Waals surface area contributed by atoms with Gasteiger partial charge in [0, 0.05) is 4.47 Å². The molecule has 0 N–H and O–H groups in total. The first-order valence-electron chi connectivity index (χ1n) is 11.3. The van der Waals surface area contributed by atoms with Crippen LogP contribution in [0.25, 0.3) is 6.08 Å². The Balaban J connectivity index is 1.45. The minimum absolute atomic E-state index is 0.0795. The number of hydrogen-bond acceptors (Lipinski definition) is 6. The lowest BCUT2D eigenvalue weighted by atomic mass is 10.1. The summed E-state index contributed by atoms with van der Waals surface area (Å²) < 4.78 is 32.0. The van der Waals surface area contributed by atoms with E-state index in [1.165, 1.54) is 24.3 Å². The number of thioether (sulfide) groups is 1. The Morgan fingerprint density at radius 3 is 2.41 bits per heavy atom. The summed E-state index contributed by atoms with van der Waals surface area (Å²) in [5.41, 5.74) is 1.68. The van der Waals surface area contributed by atoms with E-state index in [1.54, 1.807) is 12.1 Å². The van der Waals surface area contributed by atoms with E-state index in [1.807, 2.05) is 37.3 Å². The number of imide groups is 1. The zero-order chi connectivity index (χ0) is 26.4. The van der Waals surface area contributed by atoms with Gasteiger partial charge in [-0.05, 0) is 100 Å². The van der Waals surface area contributed by atoms with Gasteiger partial charge in [0.15, 0.2) is 11.5 Å². The second kappa shape index (κ2) is 12.6. The molecule has 6 nitrogen and oxygen atoms in total. The first-order valence-corrected chi connectivity index (χ1v) is 13.7. The highest BCUT2D eigenvalue weighted by Crippen LogP contribution is 2.39. The van der Waals surface area contributed by atoms with Gasteiger partial charge < -0.3 is 14.2 Å². The van der Waals surface area contributed by atoms with Crippen molar-refractivity contribution in [2.45, 2.75) is 13.5 Å². The highest BCUT2D eigenvalue weighted by atomic mass is 79.9. The fourth-order valence-electron chi connectivity index (χ4n) is 3.44. The summed E-state index contributed by atoms with van der Waals surface area (Å²) in [5.74, 6) is 0.758. The van der Waals surface area contributed by atoms with Crippen LogP contribution in [0.15, 0.2) is 74.5 Å². The maximum absolute atomic E-state index is 13.0. The Bertz CT molecular complexity index is 1320. The van der Waals surface area contributed by atoms with Crippen molar-refractivity contribution in [1.29, 1.82) is 0 Å². The highest BCUT2D eigenvalue weighted by Gasteiger charge is 2.35. The van der Waals surface area contributed by atoms with Crippen LogP contribution < -0.4 is 14.2 Å². The van der Waals surface area contributed by atoms with Gasteiger partial charge in [-0.3, -0.25) is 14.5 Å². The first-order chi connectivity index (χ1) is 17.8. The van der Waals surface area contributed by atoms with E-state index in [0.717, 1.165) is 26.7 Å². The third-order valence-corrected chi connectivity index (χ3v) is 7.22. The van der Waals surface area contributed by atoms with Gasteiger partial charge in [-0.15, -0.1) is 0 Å². The molecule has 0 aromatic heterocycles. The van der Waals surface area contributed by atoms with Gasteiger partial charge in [-0.2, -0.15) is 0 Å². The standard InChI is InChI=1S/C27H22Br2FNO5S/c1-2-34-23-14-18(13-22(29)25(23)36-16-17-3-5-19(28)6-4-17)15-24-26(32)31(27(33)37-24)11-12-35-21-9-7-20(30)8-10-21/h3-10,13-15H,2,11-12,16H2,1H3/b24-15-. The Morgan fingerprint density at radius 1 is 0.973 bits per heavy atom. The van der Waals surface area contributed by atoms with Gasteiger partial charge >= 0.3 is 0 Å². The Morgan fingerprint density at radius 2 is 1.70 bits per heavy atom. The zero-order valence-corrected chi connectivity index (χ0v) is 23.7. The average molecular weight is 651 g/mol. The van der Waals surface area contributed by atoms with Crippen molar-refractivity contribution in [3.05, 3.63) is 91.5 Å². The number of carbonyl (C=O) groups excluding carboxylic acids is 2. The second-order valence-corrected chi connectivity index (χ2v) is 10.6. The normalized spacial score (nSPS) is 14.4. The van der Waals surface area contributed by atoms with Gasteiger partial charge in [0.25, 0.3) is 11.1 Å². The Labute approximate surface area is 235 Å². The molecule has 37 heavy (non-hydrogen) atoms. The number of nitrogens with zero attached hydrogens (tertiary/aromatic N) is 1. The van der Waals surface area contributed by atoms with Gasteiger partial charge in [-0.25, -0.2) is 4.39 Å². The van der Waals surface area contributed by atoms with Gasteiger partial charge in [0.1, 0.15) is 24.8 Å². The molecule has 0 bridgehead atoms. The molecule has 192 valence electrons. The third kappa shape index (κ3) is 7.15. The monoisotopic (exact) mass is 649 g/mol. The molecular weight excluding hydrogens is 629 g/mol. The number of carbonyl (C=O) groups is 2. The fourth-order valence-corrected chi connectivity index (χ4v) is 5.14. The van der Waals surface area contributed by atoms with E-state index in [-0.39, 0.29) is 24.2 Å². The predicted octanol–water partition coefficient (Wildman–Crippen LogP) is 7.44. The molecule has 0 unspecified atom stereocenters. The summed E-state index contributed by atoms with van der Waals surface area (Å²) in [6, 6.07) is 17.0. The van der Waals surface area contributed by atoms with Crippen LogP contribution in [0, 0.1) is 5.82 Å². The highest BCUT2D eigenvalue weighted by molar-refractivity contribution is 9.10. The van der Waals surface area contributed by atoms with Gasteiger partial charge in [0.2, 0.25) is 0 Å². The summed E-state index contributed by atoms with van der Waals surface area (Å²) in [6.45, 7) is 2.83. The van der Waals surface area contributed by atoms with Crippen molar-refractivity contribution in [3.8, 4) is 17.2 Å². The summed E-state index contributed by atoms with van der Waals surface area (Å²) in [6.07, 6.45) is 1.65. The van der Waals surface area contributed by atoms with Crippen LogP contribution in [-0.4, -0.2) is 35.8 Å². The number of halogens is 3. The molecular formula is C27H22Br2FNO5S. The van der Waals surface area contributed by atoms with E-state index in [2.05, 4.69) is 31.9 Å². The molecule has 1 fully saturated rings. The van der Waals surface area contributed by atoms with Crippen molar-refractivity contribution in [1.82, 2.24) is 4.90 Å². The van der Waals surface area contributed by atoms with Crippen molar-refractivity contribution in [2.24, 2.45) is 0 Å². The molecule has 3 aromatic rings. The lowest BCUT2D eigenvalue weighted by molar-refractivity contribution is -0.123. The number of ether oxygens (including phenoxy) is 3. The summed E-state index contributed by atoms with van der Waals surface area (Å²) in [7, 11) is 0. The molecule has 0 saturated carbocycles. The minimum atomic E-state index is -0.401. The van der Waals surface area contributed by atoms with E-state index < -0.39 is 5.91 Å². The third-order valence-electron chi connectivity index (χ3n) is 5.20. The van der Waals surface area contributed by atoms with Crippen molar-refractivity contribution in [3.63, 3.8) is 0 Å². The Hall–Kier alpha value is -2.82. The maximum Gasteiger partial charge on any atom is 0.293 e. The van der Waals surface area contributed by atoms with Crippen molar-refractivity contribution < 1.29 is 28.2 Å². The number of rotatable bonds is 10. The molecule has 1 heterocycles. The topological polar surface area (TPSA) is 65.1 Å². The quantitative estimate of drug-likeness (QED) is 0.213. The largest absolute Gasteiger partial charge is 0.492 e. The first kappa shape index (κ1) is 27.2. The molecule has 0 spiro atoms. The second-order valence-electron chi connectivity index (χ2n) is 7.81. The lowest BCUT2D eigenvalue weighted by Crippen LogP contribution is -2.32. The fraction of sp³-hybridized carbons (Fsp3) is 0.185. The minimum Gasteiger partial charge on any atom is -0.492 e. The molecule has 4 rings (SSSR count). The van der Waals surface area contributed by atoms with Crippen molar-refractivity contribution >= 4 is 60.8 Å². The summed E-state index contributed by atoms with van der Waals surface area (Å²) in [4.78, 5) is 26.8. The van der Waals surface area contributed by atoms with Crippen LogP contribution in [0.2, 0.25) is 0 Å². The van der Waals surface area contributed by atoms with Gasteiger partial charge in [0.05, 0.1) is 22.5 Å². The number of amides is 2. The number of benzene rings is 3. The molecule has 1 saturated heterocycles. The molecule has 3 aromatic carbocycles. The molecule has 0 radical (unpaired) electrons. The lowest BCUT2D eigenvalue weighted by Gasteiger charge is -2.15. The Kier molecular flexibility index (Phi) is 9.28. The maximum atomic E-state index is 13.0. The van der Waals surface area contributed by atoms with E-state index in [9.17, 15) is 14.0 Å². The van der Waals surface area contributed by atoms with E-state index in [4.69, 9.17) is 14.2 Å². The van der Waals surface area contributed by atoms with Crippen LogP contribution in [0.5, 0.6) is 17.2 Å². The number of hydrogen-bond donors (Lipinski definition) is 0. The van der Waals surface area contributed by atoms with Crippen LogP contribution in [0.3, 0.4) is 0 Å². The molecule has 2 amide bonds. The summed E-state index contributed by atoms with van der Waals surface area (Å²) >= 11 is 7.84. The molecule has 0 atom stereocenters. The smallest absolute Gasteiger partial charge is 0.293 e. The van der Waals surface area contributed by atoms with E-state index >= 15 is 0 Å². The molecule has 0 aliphatic carbocycles. The van der Waals surface area contributed by atoms with E-state index in [0.29, 0.717) is 45.4 Å². The molecule has 1 aliphatic rings.